The molecule has 0 aromatic heterocycles. The second-order valence-corrected chi connectivity index (χ2v) is 5.99. The molecule has 0 saturated heterocycles. The quantitative estimate of drug-likeness (QED) is 0.781. The van der Waals surface area contributed by atoms with Gasteiger partial charge in [0.25, 0.3) is 0 Å². The van der Waals surface area contributed by atoms with Crippen LogP contribution in [0.1, 0.15) is 32.8 Å². The third kappa shape index (κ3) is 4.42. The van der Waals surface area contributed by atoms with Crippen molar-refractivity contribution in [3.8, 4) is 0 Å². The van der Waals surface area contributed by atoms with Crippen molar-refractivity contribution in [1.82, 2.24) is 5.32 Å². The SMILES string of the molecule is CCNCC(C)(CC)Cc1ccc(I)cc1. The van der Waals surface area contributed by atoms with E-state index in [-0.39, 0.29) is 0 Å². The van der Waals surface area contributed by atoms with Crippen molar-refractivity contribution in [2.75, 3.05) is 13.1 Å². The Labute approximate surface area is 113 Å². The van der Waals surface area contributed by atoms with Crippen molar-refractivity contribution < 1.29 is 0 Å². The monoisotopic (exact) mass is 331 g/mol. The van der Waals surface area contributed by atoms with E-state index in [1.165, 1.54) is 15.6 Å². The summed E-state index contributed by atoms with van der Waals surface area (Å²) >= 11 is 2.35. The van der Waals surface area contributed by atoms with Crippen molar-refractivity contribution in [2.45, 2.75) is 33.6 Å². The highest BCUT2D eigenvalue weighted by molar-refractivity contribution is 14.1. The molecular weight excluding hydrogens is 309 g/mol. The molecule has 90 valence electrons. The highest BCUT2D eigenvalue weighted by Gasteiger charge is 2.21. The van der Waals surface area contributed by atoms with E-state index in [2.05, 4.69) is 72.9 Å². The topological polar surface area (TPSA) is 12.0 Å². The molecule has 1 aromatic carbocycles. The van der Waals surface area contributed by atoms with Crippen molar-refractivity contribution in [1.29, 1.82) is 0 Å². The van der Waals surface area contributed by atoms with Crippen LogP contribution >= 0.6 is 22.6 Å². The molecule has 1 rings (SSSR count). The number of nitrogens with one attached hydrogen (secondary N) is 1. The maximum absolute atomic E-state index is 3.47. The number of hydrogen-bond acceptors (Lipinski definition) is 1. The molecule has 0 aliphatic rings. The molecule has 0 saturated carbocycles. The van der Waals surface area contributed by atoms with Crippen molar-refractivity contribution in [3.05, 3.63) is 33.4 Å². The molecular formula is C14H22IN. The van der Waals surface area contributed by atoms with Gasteiger partial charge in [-0.2, -0.15) is 0 Å². The van der Waals surface area contributed by atoms with Crippen LogP contribution in [0.5, 0.6) is 0 Å². The lowest BCUT2D eigenvalue weighted by Crippen LogP contribution is -2.33. The van der Waals surface area contributed by atoms with Gasteiger partial charge in [-0.3, -0.25) is 0 Å². The zero-order valence-electron chi connectivity index (χ0n) is 10.5. The number of benzene rings is 1. The smallest absolute Gasteiger partial charge is 0.0130 e. The third-order valence-corrected chi connectivity index (χ3v) is 3.92. The summed E-state index contributed by atoms with van der Waals surface area (Å²) in [5, 5.41) is 3.47. The largest absolute Gasteiger partial charge is 0.316 e. The Balaban J connectivity index is 2.64. The second-order valence-electron chi connectivity index (χ2n) is 4.75. The van der Waals surface area contributed by atoms with Gasteiger partial charge in [-0.25, -0.2) is 0 Å². The van der Waals surface area contributed by atoms with E-state index < -0.39 is 0 Å². The first kappa shape index (κ1) is 14.0. The normalized spacial score (nSPS) is 14.8. The molecule has 0 heterocycles. The van der Waals surface area contributed by atoms with Crippen molar-refractivity contribution in [3.63, 3.8) is 0 Å². The molecule has 0 amide bonds. The Morgan fingerprint density at radius 1 is 1.19 bits per heavy atom. The van der Waals surface area contributed by atoms with E-state index in [0.717, 1.165) is 19.5 Å². The van der Waals surface area contributed by atoms with Gasteiger partial charge in [0.15, 0.2) is 0 Å². The summed E-state index contributed by atoms with van der Waals surface area (Å²) in [7, 11) is 0. The van der Waals surface area contributed by atoms with E-state index in [1.54, 1.807) is 0 Å². The van der Waals surface area contributed by atoms with Crippen LogP contribution in [0.3, 0.4) is 0 Å². The molecule has 1 N–H and O–H groups in total. The molecule has 1 unspecified atom stereocenters. The second kappa shape index (κ2) is 6.60. The first-order valence-corrected chi connectivity index (χ1v) is 7.12. The van der Waals surface area contributed by atoms with Crippen LogP contribution < -0.4 is 5.32 Å². The Hall–Kier alpha value is -0.0900. The molecule has 1 aromatic rings. The van der Waals surface area contributed by atoms with Gasteiger partial charge in [0.2, 0.25) is 0 Å². The molecule has 16 heavy (non-hydrogen) atoms. The van der Waals surface area contributed by atoms with E-state index in [1.807, 2.05) is 0 Å². The Kier molecular flexibility index (Phi) is 5.76. The fourth-order valence-electron chi connectivity index (χ4n) is 1.83. The van der Waals surface area contributed by atoms with Gasteiger partial charge < -0.3 is 5.32 Å². The van der Waals surface area contributed by atoms with Crippen LogP contribution in [-0.2, 0) is 6.42 Å². The van der Waals surface area contributed by atoms with Crippen LogP contribution in [0.4, 0.5) is 0 Å². The predicted molar refractivity (Wildman–Crippen MR) is 79.8 cm³/mol. The third-order valence-electron chi connectivity index (χ3n) is 3.20. The van der Waals surface area contributed by atoms with Gasteiger partial charge in [-0.05, 0) is 65.1 Å². The Morgan fingerprint density at radius 2 is 1.81 bits per heavy atom. The Morgan fingerprint density at radius 3 is 2.31 bits per heavy atom. The van der Waals surface area contributed by atoms with E-state index >= 15 is 0 Å². The summed E-state index contributed by atoms with van der Waals surface area (Å²) in [5.74, 6) is 0. The maximum atomic E-state index is 3.47. The maximum Gasteiger partial charge on any atom is 0.0130 e. The lowest BCUT2D eigenvalue weighted by Gasteiger charge is -2.28. The summed E-state index contributed by atoms with van der Waals surface area (Å²) in [4.78, 5) is 0. The van der Waals surface area contributed by atoms with Crippen molar-refractivity contribution >= 4 is 22.6 Å². The number of hydrogen-bond donors (Lipinski definition) is 1. The molecule has 0 aliphatic heterocycles. The lowest BCUT2D eigenvalue weighted by molar-refractivity contribution is 0.293. The minimum atomic E-state index is 0.378. The van der Waals surface area contributed by atoms with Gasteiger partial charge in [0.05, 0.1) is 0 Å². The number of halogens is 1. The highest BCUT2D eigenvalue weighted by atomic mass is 127. The average Bonchev–Trinajstić information content (AvgIpc) is 2.30. The van der Waals surface area contributed by atoms with E-state index in [9.17, 15) is 0 Å². The molecule has 1 nitrogen and oxygen atoms in total. The van der Waals surface area contributed by atoms with Crippen molar-refractivity contribution in [2.24, 2.45) is 5.41 Å². The van der Waals surface area contributed by atoms with Crippen LogP contribution in [0, 0.1) is 8.99 Å². The van der Waals surface area contributed by atoms with Gasteiger partial charge in [0.1, 0.15) is 0 Å². The fourth-order valence-corrected chi connectivity index (χ4v) is 2.19. The van der Waals surface area contributed by atoms with Gasteiger partial charge in [0, 0.05) is 10.1 Å². The number of rotatable bonds is 6. The van der Waals surface area contributed by atoms with E-state index in [4.69, 9.17) is 0 Å². The molecule has 0 spiro atoms. The van der Waals surface area contributed by atoms with Crippen LogP contribution in [0.15, 0.2) is 24.3 Å². The summed E-state index contributed by atoms with van der Waals surface area (Å²) in [6.45, 7) is 8.98. The van der Waals surface area contributed by atoms with Crippen LogP contribution in [0.25, 0.3) is 0 Å². The van der Waals surface area contributed by atoms with E-state index in [0.29, 0.717) is 5.41 Å². The van der Waals surface area contributed by atoms with Crippen LogP contribution in [0.2, 0.25) is 0 Å². The average molecular weight is 331 g/mol. The first-order chi connectivity index (χ1) is 7.59. The summed E-state index contributed by atoms with van der Waals surface area (Å²) < 4.78 is 1.31. The first-order valence-electron chi connectivity index (χ1n) is 6.05. The molecule has 0 fully saturated rings. The predicted octanol–water partition coefficient (Wildman–Crippen LogP) is 3.86. The molecule has 1 atom stereocenters. The molecule has 2 heteroatoms. The fraction of sp³-hybridized carbons (Fsp3) is 0.571. The Bertz CT molecular complexity index is 307. The zero-order chi connectivity index (χ0) is 12.0. The molecule has 0 radical (unpaired) electrons. The summed E-state index contributed by atoms with van der Waals surface area (Å²) in [6.07, 6.45) is 2.37. The minimum absolute atomic E-state index is 0.378. The zero-order valence-corrected chi connectivity index (χ0v) is 12.7. The van der Waals surface area contributed by atoms with Crippen LogP contribution in [-0.4, -0.2) is 13.1 Å². The molecule has 0 aliphatic carbocycles. The summed E-state index contributed by atoms with van der Waals surface area (Å²) in [6, 6.07) is 8.89. The lowest BCUT2D eigenvalue weighted by atomic mass is 9.81. The van der Waals surface area contributed by atoms with Gasteiger partial charge >= 0.3 is 0 Å². The summed E-state index contributed by atoms with van der Waals surface area (Å²) in [5.41, 5.74) is 1.82. The highest BCUT2D eigenvalue weighted by Crippen LogP contribution is 2.26. The van der Waals surface area contributed by atoms with Gasteiger partial charge in [-0.15, -0.1) is 0 Å². The minimum Gasteiger partial charge on any atom is -0.316 e. The standard InChI is InChI=1S/C14H22IN/c1-4-14(3,11-16-5-2)10-12-6-8-13(15)9-7-12/h6-9,16H,4-5,10-11H2,1-3H3. The van der Waals surface area contributed by atoms with Gasteiger partial charge in [-0.1, -0.05) is 32.9 Å². The molecule has 0 bridgehead atoms.